The summed E-state index contributed by atoms with van der Waals surface area (Å²) in [5.74, 6) is 1.60. The first kappa shape index (κ1) is 17.7. The van der Waals surface area contributed by atoms with E-state index >= 15 is 0 Å². The SMILES string of the molecule is CN=C(NCc1ccc(C(N)=O)o1)NC1CCCN(c2ncccn2)C1. The molecule has 1 aliphatic heterocycles. The molecule has 1 aliphatic rings. The van der Waals surface area contributed by atoms with Gasteiger partial charge in [-0.15, -0.1) is 0 Å². The van der Waals surface area contributed by atoms with E-state index in [2.05, 4.69) is 30.5 Å². The summed E-state index contributed by atoms with van der Waals surface area (Å²) in [5.41, 5.74) is 5.19. The molecule has 2 aromatic rings. The summed E-state index contributed by atoms with van der Waals surface area (Å²) in [6.45, 7) is 2.15. The first-order chi connectivity index (χ1) is 12.7. The highest BCUT2D eigenvalue weighted by molar-refractivity contribution is 5.89. The number of primary amides is 1. The van der Waals surface area contributed by atoms with Gasteiger partial charge in [-0.1, -0.05) is 0 Å². The van der Waals surface area contributed by atoms with Crippen LogP contribution in [0.5, 0.6) is 0 Å². The lowest BCUT2D eigenvalue weighted by atomic mass is 10.1. The second-order valence-corrected chi connectivity index (χ2v) is 6.03. The van der Waals surface area contributed by atoms with Crippen molar-refractivity contribution >= 4 is 17.8 Å². The monoisotopic (exact) mass is 357 g/mol. The first-order valence-electron chi connectivity index (χ1n) is 8.53. The highest BCUT2D eigenvalue weighted by Gasteiger charge is 2.22. The molecule has 1 amide bonds. The number of amides is 1. The summed E-state index contributed by atoms with van der Waals surface area (Å²) < 4.78 is 5.36. The predicted octanol–water partition coefficient (Wildman–Crippen LogP) is 0.503. The number of aromatic nitrogens is 2. The molecule has 0 saturated carbocycles. The van der Waals surface area contributed by atoms with Crippen LogP contribution in [0.25, 0.3) is 0 Å². The van der Waals surface area contributed by atoms with Crippen molar-refractivity contribution in [2.75, 3.05) is 25.0 Å². The van der Waals surface area contributed by atoms with Crippen molar-refractivity contribution in [3.63, 3.8) is 0 Å². The van der Waals surface area contributed by atoms with E-state index in [-0.39, 0.29) is 11.8 Å². The Kier molecular flexibility index (Phi) is 5.67. The van der Waals surface area contributed by atoms with Crippen LogP contribution in [0.15, 0.2) is 40.0 Å². The first-order valence-corrected chi connectivity index (χ1v) is 8.53. The fourth-order valence-electron chi connectivity index (χ4n) is 2.90. The van der Waals surface area contributed by atoms with Gasteiger partial charge in [-0.05, 0) is 31.0 Å². The number of rotatable bonds is 5. The zero-order valence-corrected chi connectivity index (χ0v) is 14.7. The standard InChI is InChI=1S/C17H23N7O2/c1-19-16(22-10-13-5-6-14(26-13)15(18)25)23-12-4-2-9-24(11-12)17-20-7-3-8-21-17/h3,5-8,12H,2,4,9-11H2,1H3,(H2,18,25)(H2,19,22,23). The van der Waals surface area contributed by atoms with E-state index in [4.69, 9.17) is 10.2 Å². The van der Waals surface area contributed by atoms with Gasteiger partial charge < -0.3 is 25.7 Å². The average molecular weight is 357 g/mol. The Morgan fingerprint density at radius 3 is 2.92 bits per heavy atom. The summed E-state index contributed by atoms with van der Waals surface area (Å²) in [6.07, 6.45) is 5.59. The summed E-state index contributed by atoms with van der Waals surface area (Å²) in [7, 11) is 1.72. The minimum absolute atomic E-state index is 0.149. The fraction of sp³-hybridized carbons (Fsp3) is 0.412. The highest BCUT2D eigenvalue weighted by Crippen LogP contribution is 2.15. The van der Waals surface area contributed by atoms with Gasteiger partial charge in [0.25, 0.3) is 5.91 Å². The van der Waals surface area contributed by atoms with Gasteiger partial charge in [0, 0.05) is 38.6 Å². The molecular formula is C17H23N7O2. The Morgan fingerprint density at radius 2 is 2.23 bits per heavy atom. The Balaban J connectivity index is 1.53. The molecule has 4 N–H and O–H groups in total. The van der Waals surface area contributed by atoms with E-state index < -0.39 is 5.91 Å². The third-order valence-corrected chi connectivity index (χ3v) is 4.16. The van der Waals surface area contributed by atoms with Crippen molar-refractivity contribution in [1.29, 1.82) is 0 Å². The van der Waals surface area contributed by atoms with Crippen LogP contribution < -0.4 is 21.3 Å². The lowest BCUT2D eigenvalue weighted by molar-refractivity contribution is 0.0972. The molecule has 0 radical (unpaired) electrons. The summed E-state index contributed by atoms with van der Waals surface area (Å²) in [6, 6.07) is 5.33. The van der Waals surface area contributed by atoms with Gasteiger partial charge in [0.15, 0.2) is 11.7 Å². The number of piperidine rings is 1. The van der Waals surface area contributed by atoms with Gasteiger partial charge in [-0.3, -0.25) is 9.79 Å². The Bertz CT molecular complexity index is 759. The molecule has 1 atom stereocenters. The Hall–Kier alpha value is -3.10. The molecule has 26 heavy (non-hydrogen) atoms. The number of carbonyl (C=O) groups is 1. The van der Waals surface area contributed by atoms with Gasteiger partial charge in [-0.2, -0.15) is 0 Å². The van der Waals surface area contributed by atoms with Crippen LogP contribution in [0.1, 0.15) is 29.2 Å². The number of furan rings is 1. The van der Waals surface area contributed by atoms with Crippen LogP contribution in [-0.2, 0) is 6.54 Å². The molecule has 3 rings (SSSR count). The van der Waals surface area contributed by atoms with Crippen molar-refractivity contribution in [1.82, 2.24) is 20.6 Å². The average Bonchev–Trinajstić information content (AvgIpc) is 3.15. The number of guanidine groups is 1. The Morgan fingerprint density at radius 1 is 1.42 bits per heavy atom. The zero-order chi connectivity index (χ0) is 18.4. The minimum atomic E-state index is -0.579. The van der Waals surface area contributed by atoms with E-state index in [9.17, 15) is 4.79 Å². The molecule has 9 heteroatoms. The van der Waals surface area contributed by atoms with Crippen LogP contribution in [0.2, 0.25) is 0 Å². The number of nitrogens with two attached hydrogens (primary N) is 1. The number of nitrogens with zero attached hydrogens (tertiary/aromatic N) is 4. The summed E-state index contributed by atoms with van der Waals surface area (Å²) >= 11 is 0. The quantitative estimate of drug-likeness (QED) is 0.526. The highest BCUT2D eigenvalue weighted by atomic mass is 16.3. The van der Waals surface area contributed by atoms with Crippen molar-refractivity contribution in [3.05, 3.63) is 42.1 Å². The van der Waals surface area contributed by atoms with Crippen molar-refractivity contribution in [3.8, 4) is 0 Å². The maximum absolute atomic E-state index is 11.1. The maximum Gasteiger partial charge on any atom is 0.284 e. The van der Waals surface area contributed by atoms with Crippen LogP contribution >= 0.6 is 0 Å². The molecule has 3 heterocycles. The molecule has 0 spiro atoms. The number of hydrogen-bond donors (Lipinski definition) is 3. The van der Waals surface area contributed by atoms with Gasteiger partial charge in [0.05, 0.1) is 6.54 Å². The number of anilines is 1. The van der Waals surface area contributed by atoms with E-state index in [0.717, 1.165) is 31.9 Å². The van der Waals surface area contributed by atoms with Gasteiger partial charge in [-0.25, -0.2) is 9.97 Å². The predicted molar refractivity (Wildman–Crippen MR) is 97.8 cm³/mol. The molecule has 1 saturated heterocycles. The van der Waals surface area contributed by atoms with Crippen LogP contribution in [0.3, 0.4) is 0 Å². The van der Waals surface area contributed by atoms with E-state index in [1.165, 1.54) is 0 Å². The maximum atomic E-state index is 11.1. The molecule has 9 nitrogen and oxygen atoms in total. The molecule has 0 bridgehead atoms. The minimum Gasteiger partial charge on any atom is -0.454 e. The van der Waals surface area contributed by atoms with E-state index in [0.29, 0.717) is 18.3 Å². The Labute approximate surface area is 151 Å². The van der Waals surface area contributed by atoms with Crippen LogP contribution in [0.4, 0.5) is 5.95 Å². The molecule has 0 aromatic carbocycles. The summed E-state index contributed by atoms with van der Waals surface area (Å²) in [5, 5.41) is 6.60. The number of aliphatic imine (C=N–C) groups is 1. The molecule has 138 valence electrons. The zero-order valence-electron chi connectivity index (χ0n) is 14.7. The van der Waals surface area contributed by atoms with E-state index in [1.807, 2.05) is 6.07 Å². The lowest BCUT2D eigenvalue weighted by Gasteiger charge is -2.33. The lowest BCUT2D eigenvalue weighted by Crippen LogP contribution is -2.51. The van der Waals surface area contributed by atoms with Crippen molar-refractivity contribution in [2.45, 2.75) is 25.4 Å². The molecule has 1 unspecified atom stereocenters. The topological polar surface area (TPSA) is 122 Å². The molecular weight excluding hydrogens is 334 g/mol. The molecule has 1 fully saturated rings. The largest absolute Gasteiger partial charge is 0.454 e. The van der Waals surface area contributed by atoms with Crippen LogP contribution in [0, 0.1) is 0 Å². The van der Waals surface area contributed by atoms with E-state index in [1.54, 1.807) is 31.6 Å². The number of carbonyl (C=O) groups excluding carboxylic acids is 1. The second kappa shape index (κ2) is 8.32. The number of hydrogen-bond acceptors (Lipinski definition) is 6. The molecule has 0 aliphatic carbocycles. The van der Waals surface area contributed by atoms with Crippen molar-refractivity contribution in [2.24, 2.45) is 10.7 Å². The van der Waals surface area contributed by atoms with Crippen molar-refractivity contribution < 1.29 is 9.21 Å². The number of nitrogens with one attached hydrogen (secondary N) is 2. The smallest absolute Gasteiger partial charge is 0.284 e. The second-order valence-electron chi connectivity index (χ2n) is 6.03. The van der Waals surface area contributed by atoms with Crippen LogP contribution in [-0.4, -0.2) is 48.0 Å². The van der Waals surface area contributed by atoms with Gasteiger partial charge >= 0.3 is 0 Å². The van der Waals surface area contributed by atoms with Gasteiger partial charge in [0.1, 0.15) is 5.76 Å². The third kappa shape index (κ3) is 4.50. The normalized spacial score (nSPS) is 17.8. The third-order valence-electron chi connectivity index (χ3n) is 4.16. The fourth-order valence-corrected chi connectivity index (χ4v) is 2.90. The molecule has 2 aromatic heterocycles. The summed E-state index contributed by atoms with van der Waals surface area (Å²) in [4.78, 5) is 26.1. The van der Waals surface area contributed by atoms with Gasteiger partial charge in [0.2, 0.25) is 5.95 Å².